The molecule has 1 aliphatic carbocycles. The minimum Gasteiger partial charge on any atom is -0.387 e. The molecule has 1 aliphatic heterocycles. The van der Waals surface area contributed by atoms with Crippen LogP contribution >= 0.6 is 11.6 Å². The number of amidine groups is 1. The van der Waals surface area contributed by atoms with Crippen molar-refractivity contribution in [1.82, 2.24) is 9.97 Å². The fourth-order valence-electron chi connectivity index (χ4n) is 4.48. The molecule has 0 saturated heterocycles. The summed E-state index contributed by atoms with van der Waals surface area (Å²) in [6.45, 7) is -0.700. The van der Waals surface area contributed by atoms with Crippen LogP contribution in [-0.2, 0) is 5.54 Å². The Kier molecular flexibility index (Phi) is 4.52. The van der Waals surface area contributed by atoms with Crippen molar-refractivity contribution in [1.29, 1.82) is 5.26 Å². The Bertz CT molecular complexity index is 1290. The summed E-state index contributed by atoms with van der Waals surface area (Å²) in [5.41, 5.74) is 6.56. The van der Waals surface area contributed by atoms with Gasteiger partial charge in [-0.15, -0.1) is 0 Å². The number of rotatable bonds is 4. The summed E-state index contributed by atoms with van der Waals surface area (Å²) in [5.74, 6) is 0.551. The zero-order chi connectivity index (χ0) is 21.8. The average molecular weight is 439 g/mol. The Labute approximate surface area is 181 Å². The topological polar surface area (TPSA) is 100.0 Å². The maximum absolute atomic E-state index is 14.4. The number of nitrogens with one attached hydrogen (secondary N) is 1. The van der Waals surface area contributed by atoms with E-state index in [1.54, 1.807) is 18.2 Å². The van der Waals surface area contributed by atoms with Gasteiger partial charge in [-0.3, -0.25) is 9.98 Å². The summed E-state index contributed by atoms with van der Waals surface area (Å²) in [6.07, 6.45) is 3.96. The third-order valence-corrected chi connectivity index (χ3v) is 6.38. The number of hydrogen-bond donors (Lipinski definition) is 2. The Morgan fingerprint density at radius 1 is 1.29 bits per heavy atom. The molecule has 0 bridgehead atoms. The van der Waals surface area contributed by atoms with Crippen molar-refractivity contribution in [3.8, 4) is 6.07 Å². The lowest BCUT2D eigenvalue weighted by molar-refractivity contribution is 0.261. The van der Waals surface area contributed by atoms with Crippen molar-refractivity contribution in [3.63, 3.8) is 0 Å². The molecule has 2 aromatic heterocycles. The minimum atomic E-state index is -1.10. The molecule has 1 aromatic carbocycles. The Hall–Kier alpha value is -3.31. The highest BCUT2D eigenvalue weighted by Crippen LogP contribution is 2.58. The van der Waals surface area contributed by atoms with Crippen molar-refractivity contribution in [2.45, 2.75) is 18.4 Å². The number of fused-ring (bicyclic) bond motifs is 2. The second-order valence-electron chi connectivity index (χ2n) is 7.97. The number of hydrogen-bond acceptors (Lipinski definition) is 6. The molecule has 31 heavy (non-hydrogen) atoms. The van der Waals surface area contributed by atoms with Gasteiger partial charge in [-0.1, -0.05) is 11.6 Å². The van der Waals surface area contributed by atoms with E-state index in [2.05, 4.69) is 20.3 Å². The number of nitriles is 1. The maximum Gasteiger partial charge on any atom is 0.157 e. The van der Waals surface area contributed by atoms with E-state index in [9.17, 15) is 8.78 Å². The van der Waals surface area contributed by atoms with Crippen molar-refractivity contribution in [2.24, 2.45) is 22.6 Å². The molecular weight excluding hydrogens is 422 g/mol. The summed E-state index contributed by atoms with van der Waals surface area (Å²) >= 11 is 6.47. The number of aromatic nitrogens is 2. The van der Waals surface area contributed by atoms with Gasteiger partial charge in [0.2, 0.25) is 0 Å². The Morgan fingerprint density at radius 2 is 2.13 bits per heavy atom. The Morgan fingerprint density at radius 3 is 2.90 bits per heavy atom. The molecule has 3 atom stereocenters. The molecule has 0 radical (unpaired) electrons. The van der Waals surface area contributed by atoms with Gasteiger partial charge in [-0.25, -0.2) is 13.8 Å². The number of pyridine rings is 2. The summed E-state index contributed by atoms with van der Waals surface area (Å²) in [5, 5.41) is 12.8. The molecular formula is C22H17ClF2N6. The van der Waals surface area contributed by atoms with Crippen LogP contribution in [0.15, 0.2) is 41.7 Å². The number of halogens is 3. The number of nitrogens with zero attached hydrogens (tertiary/aromatic N) is 4. The fourth-order valence-corrected chi connectivity index (χ4v) is 4.77. The van der Waals surface area contributed by atoms with Gasteiger partial charge in [0.1, 0.15) is 23.8 Å². The fraction of sp³-hybridized carbons (Fsp3) is 0.273. The van der Waals surface area contributed by atoms with Gasteiger partial charge in [0, 0.05) is 34.3 Å². The van der Waals surface area contributed by atoms with E-state index in [4.69, 9.17) is 22.6 Å². The number of benzene rings is 1. The quantitative estimate of drug-likeness (QED) is 0.620. The molecule has 3 heterocycles. The predicted octanol–water partition coefficient (Wildman–Crippen LogP) is 4.60. The second kappa shape index (κ2) is 7.13. The third-order valence-electron chi connectivity index (χ3n) is 6.06. The maximum atomic E-state index is 14.4. The van der Waals surface area contributed by atoms with E-state index < -0.39 is 18.0 Å². The van der Waals surface area contributed by atoms with Gasteiger partial charge >= 0.3 is 0 Å². The van der Waals surface area contributed by atoms with Gasteiger partial charge < -0.3 is 11.1 Å². The van der Waals surface area contributed by atoms with Gasteiger partial charge in [0.15, 0.2) is 11.6 Å². The van der Waals surface area contributed by atoms with Crippen molar-refractivity contribution >= 4 is 39.8 Å². The van der Waals surface area contributed by atoms with Crippen LogP contribution in [0.3, 0.4) is 0 Å². The molecule has 3 N–H and O–H groups in total. The van der Waals surface area contributed by atoms with Crippen LogP contribution in [0.25, 0.3) is 10.9 Å². The molecule has 0 unspecified atom stereocenters. The number of aliphatic imine (C=N–C) groups is 1. The van der Waals surface area contributed by atoms with Crippen LogP contribution < -0.4 is 11.1 Å². The zero-order valence-corrected chi connectivity index (χ0v) is 17.0. The number of nitrogens with two attached hydrogens (primary N) is 1. The molecule has 5 rings (SSSR count). The molecule has 3 aromatic rings. The summed E-state index contributed by atoms with van der Waals surface area (Å²) in [7, 11) is 0. The summed E-state index contributed by atoms with van der Waals surface area (Å²) < 4.78 is 28.6. The Balaban J connectivity index is 1.58. The molecule has 0 spiro atoms. The normalized spacial score (nSPS) is 24.3. The second-order valence-corrected chi connectivity index (χ2v) is 8.38. The van der Waals surface area contributed by atoms with E-state index in [-0.39, 0.29) is 22.4 Å². The van der Waals surface area contributed by atoms with E-state index in [0.29, 0.717) is 40.3 Å². The molecule has 0 amide bonds. The van der Waals surface area contributed by atoms with Crippen molar-refractivity contribution in [2.75, 3.05) is 12.0 Å². The number of alkyl halides is 1. The molecule has 6 nitrogen and oxygen atoms in total. The van der Waals surface area contributed by atoms with Crippen LogP contribution in [0.5, 0.6) is 0 Å². The standard InChI is InChI=1S/C22H17ClF2N6/c23-17-2-1-13(6-16(17)22(10-24)15-4-12(15)5-19(27)31-22)30-21-20-14(18(25)9-29-21)3-11(7-26)8-28-20/h1-3,6,8-9,12,15H,4-5,10H2,(H2,27,31)(H,29,30)/t12-,15-,22-/m0/s1. The van der Waals surface area contributed by atoms with Gasteiger partial charge in [0.25, 0.3) is 0 Å². The first-order valence-corrected chi connectivity index (χ1v) is 10.1. The average Bonchev–Trinajstić information content (AvgIpc) is 3.56. The summed E-state index contributed by atoms with van der Waals surface area (Å²) in [6, 6.07) is 8.49. The van der Waals surface area contributed by atoms with Crippen LogP contribution in [0.2, 0.25) is 5.02 Å². The van der Waals surface area contributed by atoms with E-state index in [1.165, 1.54) is 12.3 Å². The molecule has 2 aliphatic rings. The lowest BCUT2D eigenvalue weighted by Gasteiger charge is -2.32. The lowest BCUT2D eigenvalue weighted by Crippen LogP contribution is -2.37. The molecule has 156 valence electrons. The first kappa shape index (κ1) is 19.6. The van der Waals surface area contributed by atoms with E-state index in [0.717, 1.165) is 12.6 Å². The smallest absolute Gasteiger partial charge is 0.157 e. The molecule has 1 saturated carbocycles. The number of anilines is 2. The van der Waals surface area contributed by atoms with Crippen LogP contribution in [-0.4, -0.2) is 22.5 Å². The third kappa shape index (κ3) is 3.17. The lowest BCUT2D eigenvalue weighted by atomic mass is 9.83. The van der Waals surface area contributed by atoms with Gasteiger partial charge in [-0.2, -0.15) is 5.26 Å². The largest absolute Gasteiger partial charge is 0.387 e. The SMILES string of the molecule is N#Cc1cnc2c(Nc3ccc(Cl)c([C@@]4(CF)N=C(N)C[C@@H]5C[C@@H]54)c3)ncc(F)c2c1. The van der Waals surface area contributed by atoms with Crippen LogP contribution in [0, 0.1) is 29.0 Å². The first-order chi connectivity index (χ1) is 14.9. The van der Waals surface area contributed by atoms with E-state index in [1.807, 2.05) is 6.07 Å². The zero-order valence-electron chi connectivity index (χ0n) is 16.2. The molecule has 9 heteroatoms. The van der Waals surface area contributed by atoms with Gasteiger partial charge in [-0.05, 0) is 42.5 Å². The monoisotopic (exact) mass is 438 g/mol. The van der Waals surface area contributed by atoms with Crippen molar-refractivity contribution < 1.29 is 8.78 Å². The van der Waals surface area contributed by atoms with Crippen LogP contribution in [0.4, 0.5) is 20.3 Å². The summed E-state index contributed by atoms with van der Waals surface area (Å²) in [4.78, 5) is 12.8. The van der Waals surface area contributed by atoms with Crippen molar-refractivity contribution in [3.05, 3.63) is 58.6 Å². The highest BCUT2D eigenvalue weighted by molar-refractivity contribution is 6.31. The predicted molar refractivity (Wildman–Crippen MR) is 114 cm³/mol. The first-order valence-electron chi connectivity index (χ1n) is 9.76. The highest BCUT2D eigenvalue weighted by atomic mass is 35.5. The van der Waals surface area contributed by atoms with E-state index >= 15 is 0 Å². The minimum absolute atomic E-state index is 0.0633. The molecule has 1 fully saturated rings. The van der Waals surface area contributed by atoms with Gasteiger partial charge in [0.05, 0.1) is 17.6 Å². The van der Waals surface area contributed by atoms with Crippen LogP contribution in [0.1, 0.15) is 24.0 Å². The highest BCUT2D eigenvalue weighted by Gasteiger charge is 2.57.